The Balaban J connectivity index is 1.77. The number of furan rings is 1. The number of nitrogens with one attached hydrogen (secondary N) is 1. The molecule has 1 aromatic rings. The normalized spacial score (nSPS) is 21.2. The second kappa shape index (κ2) is 3.51. The molecule has 1 atom stereocenters. The maximum Gasteiger partial charge on any atom is 0.407 e. The first kappa shape index (κ1) is 8.16. The molecule has 1 fully saturated rings. The number of rotatable bonds is 3. The Kier molecular flexibility index (Phi) is 2.21. The topological polar surface area (TPSA) is 51.5 Å². The van der Waals surface area contributed by atoms with Crippen LogP contribution in [0.5, 0.6) is 0 Å². The van der Waals surface area contributed by atoms with Crippen LogP contribution in [-0.4, -0.2) is 18.7 Å². The Bertz CT molecular complexity index is 281. The van der Waals surface area contributed by atoms with Gasteiger partial charge >= 0.3 is 6.09 Å². The summed E-state index contributed by atoms with van der Waals surface area (Å²) in [7, 11) is 0. The van der Waals surface area contributed by atoms with E-state index in [4.69, 9.17) is 9.15 Å². The zero-order valence-electron chi connectivity index (χ0n) is 7.16. The minimum atomic E-state index is -0.315. The number of ether oxygens (including phenoxy) is 1. The summed E-state index contributed by atoms with van der Waals surface area (Å²) < 4.78 is 9.92. The highest BCUT2D eigenvalue weighted by Crippen LogP contribution is 2.08. The number of amides is 1. The van der Waals surface area contributed by atoms with Crippen molar-refractivity contribution in [3.05, 3.63) is 24.2 Å². The molecule has 2 heterocycles. The maximum absolute atomic E-state index is 10.7. The summed E-state index contributed by atoms with van der Waals surface area (Å²) in [6, 6.07) is 3.93. The van der Waals surface area contributed by atoms with E-state index in [1.54, 1.807) is 6.26 Å². The highest BCUT2D eigenvalue weighted by Gasteiger charge is 2.21. The molecule has 2 rings (SSSR count). The monoisotopic (exact) mass is 181 g/mol. The minimum absolute atomic E-state index is 0.137. The predicted octanol–water partition coefficient (Wildman–Crippen LogP) is 1.32. The zero-order valence-corrected chi connectivity index (χ0v) is 7.16. The van der Waals surface area contributed by atoms with Crippen molar-refractivity contribution in [3.8, 4) is 0 Å². The maximum atomic E-state index is 10.7. The lowest BCUT2D eigenvalue weighted by Crippen LogP contribution is -2.26. The molecule has 1 aliphatic heterocycles. The second-order valence-corrected chi connectivity index (χ2v) is 3.06. The summed E-state index contributed by atoms with van der Waals surface area (Å²) in [6.07, 6.45) is 3.03. The molecular formula is C9H11NO3. The SMILES string of the molecule is O=C1NC(CCc2ccco2)CO1. The molecule has 1 N–H and O–H groups in total. The largest absolute Gasteiger partial charge is 0.469 e. The lowest BCUT2D eigenvalue weighted by Gasteiger charge is -2.03. The predicted molar refractivity (Wildman–Crippen MR) is 45.3 cm³/mol. The fourth-order valence-corrected chi connectivity index (χ4v) is 1.35. The molecule has 0 radical (unpaired) electrons. The molecule has 1 saturated heterocycles. The van der Waals surface area contributed by atoms with Gasteiger partial charge in [-0.1, -0.05) is 0 Å². The van der Waals surface area contributed by atoms with Crippen molar-refractivity contribution >= 4 is 6.09 Å². The van der Waals surface area contributed by atoms with E-state index < -0.39 is 0 Å². The molecule has 70 valence electrons. The van der Waals surface area contributed by atoms with Gasteiger partial charge in [0.1, 0.15) is 12.4 Å². The van der Waals surface area contributed by atoms with Crippen LogP contribution in [0.2, 0.25) is 0 Å². The third-order valence-corrected chi connectivity index (χ3v) is 2.06. The number of aryl methyl sites for hydroxylation is 1. The Hall–Kier alpha value is -1.45. The fourth-order valence-electron chi connectivity index (χ4n) is 1.35. The van der Waals surface area contributed by atoms with Crippen LogP contribution < -0.4 is 5.32 Å². The first-order valence-electron chi connectivity index (χ1n) is 4.30. The summed E-state index contributed by atoms with van der Waals surface area (Å²) in [5.41, 5.74) is 0. The van der Waals surface area contributed by atoms with Crippen LogP contribution in [0, 0.1) is 0 Å². The summed E-state index contributed by atoms with van der Waals surface area (Å²) in [4.78, 5) is 10.7. The molecule has 13 heavy (non-hydrogen) atoms. The second-order valence-electron chi connectivity index (χ2n) is 3.06. The van der Waals surface area contributed by atoms with Crippen LogP contribution in [0.4, 0.5) is 4.79 Å². The van der Waals surface area contributed by atoms with Gasteiger partial charge in [-0.3, -0.25) is 0 Å². The first-order valence-corrected chi connectivity index (χ1v) is 4.30. The quantitative estimate of drug-likeness (QED) is 0.765. The van der Waals surface area contributed by atoms with Gasteiger partial charge < -0.3 is 14.5 Å². The van der Waals surface area contributed by atoms with E-state index in [-0.39, 0.29) is 12.1 Å². The fraction of sp³-hybridized carbons (Fsp3) is 0.444. The summed E-state index contributed by atoms with van der Waals surface area (Å²) in [6.45, 7) is 0.472. The van der Waals surface area contributed by atoms with E-state index >= 15 is 0 Å². The van der Waals surface area contributed by atoms with Crippen molar-refractivity contribution in [2.24, 2.45) is 0 Å². The average molecular weight is 181 g/mol. The van der Waals surface area contributed by atoms with Gasteiger partial charge in [0, 0.05) is 6.42 Å². The van der Waals surface area contributed by atoms with Gasteiger partial charge in [-0.15, -0.1) is 0 Å². The van der Waals surface area contributed by atoms with Gasteiger partial charge in [0.05, 0.1) is 12.3 Å². The molecule has 0 saturated carbocycles. The van der Waals surface area contributed by atoms with E-state index in [0.717, 1.165) is 18.6 Å². The highest BCUT2D eigenvalue weighted by atomic mass is 16.6. The van der Waals surface area contributed by atoms with Crippen molar-refractivity contribution in [3.63, 3.8) is 0 Å². The van der Waals surface area contributed by atoms with Crippen LogP contribution >= 0.6 is 0 Å². The van der Waals surface area contributed by atoms with E-state index in [0.29, 0.717) is 6.61 Å². The molecule has 0 aliphatic carbocycles. The van der Waals surface area contributed by atoms with E-state index in [1.165, 1.54) is 0 Å². The smallest absolute Gasteiger partial charge is 0.407 e. The Morgan fingerprint density at radius 3 is 3.15 bits per heavy atom. The molecule has 1 aliphatic rings. The van der Waals surface area contributed by atoms with E-state index in [2.05, 4.69) is 5.32 Å². The zero-order chi connectivity index (χ0) is 9.10. The van der Waals surface area contributed by atoms with Crippen LogP contribution in [-0.2, 0) is 11.2 Å². The van der Waals surface area contributed by atoms with Gasteiger partial charge in [-0.2, -0.15) is 0 Å². The van der Waals surface area contributed by atoms with Crippen LogP contribution in [0.3, 0.4) is 0 Å². The lowest BCUT2D eigenvalue weighted by molar-refractivity contribution is 0.176. The molecule has 4 nitrogen and oxygen atoms in total. The van der Waals surface area contributed by atoms with Crippen molar-refractivity contribution in [1.29, 1.82) is 0 Å². The van der Waals surface area contributed by atoms with Gasteiger partial charge in [0.25, 0.3) is 0 Å². The van der Waals surface area contributed by atoms with E-state index in [1.807, 2.05) is 12.1 Å². The minimum Gasteiger partial charge on any atom is -0.469 e. The molecule has 1 unspecified atom stereocenters. The molecular weight excluding hydrogens is 170 g/mol. The van der Waals surface area contributed by atoms with Crippen LogP contribution in [0.25, 0.3) is 0 Å². The third-order valence-electron chi connectivity index (χ3n) is 2.06. The number of hydrogen-bond donors (Lipinski definition) is 1. The van der Waals surface area contributed by atoms with Crippen molar-refractivity contribution in [1.82, 2.24) is 5.32 Å². The Morgan fingerprint density at radius 1 is 1.62 bits per heavy atom. The number of cyclic esters (lactones) is 1. The van der Waals surface area contributed by atoms with Crippen molar-refractivity contribution in [2.75, 3.05) is 6.61 Å². The van der Waals surface area contributed by atoms with Gasteiger partial charge in [-0.25, -0.2) is 4.79 Å². The highest BCUT2D eigenvalue weighted by molar-refractivity contribution is 5.69. The Morgan fingerprint density at radius 2 is 2.54 bits per heavy atom. The summed E-state index contributed by atoms with van der Waals surface area (Å²) in [5, 5.41) is 2.71. The van der Waals surface area contributed by atoms with Gasteiger partial charge in [-0.05, 0) is 18.6 Å². The van der Waals surface area contributed by atoms with Gasteiger partial charge in [0.2, 0.25) is 0 Å². The van der Waals surface area contributed by atoms with Crippen molar-refractivity contribution < 1.29 is 13.9 Å². The summed E-state index contributed by atoms with van der Waals surface area (Å²) in [5.74, 6) is 0.946. The van der Waals surface area contributed by atoms with Gasteiger partial charge in [0.15, 0.2) is 0 Å². The molecule has 1 amide bonds. The average Bonchev–Trinajstić information content (AvgIpc) is 2.71. The van der Waals surface area contributed by atoms with Crippen LogP contribution in [0.1, 0.15) is 12.2 Å². The van der Waals surface area contributed by atoms with Crippen LogP contribution in [0.15, 0.2) is 22.8 Å². The molecule has 0 aromatic carbocycles. The standard InChI is InChI=1S/C9H11NO3/c11-9-10-7(6-13-9)3-4-8-2-1-5-12-8/h1-2,5,7H,3-4,6H2,(H,10,11). The number of hydrogen-bond acceptors (Lipinski definition) is 3. The molecule has 4 heteroatoms. The first-order chi connectivity index (χ1) is 6.34. The Labute approximate surface area is 75.9 Å². The third kappa shape index (κ3) is 2.02. The number of carbonyl (C=O) groups is 1. The molecule has 1 aromatic heterocycles. The summed E-state index contributed by atoms with van der Waals surface area (Å²) >= 11 is 0. The number of alkyl carbamates (subject to hydrolysis) is 1. The number of carbonyl (C=O) groups excluding carboxylic acids is 1. The molecule has 0 spiro atoms. The van der Waals surface area contributed by atoms with E-state index in [9.17, 15) is 4.79 Å². The lowest BCUT2D eigenvalue weighted by atomic mass is 10.1. The molecule has 0 bridgehead atoms. The van der Waals surface area contributed by atoms with Crippen molar-refractivity contribution in [2.45, 2.75) is 18.9 Å².